The first kappa shape index (κ1) is 17.9. The summed E-state index contributed by atoms with van der Waals surface area (Å²) in [5.41, 5.74) is 0.644. The Morgan fingerprint density at radius 3 is 2.21 bits per heavy atom. The first-order chi connectivity index (χ1) is 11.3. The van der Waals surface area contributed by atoms with Crippen LogP contribution in [0.4, 0.5) is 10.1 Å². The molecular formula is C17H19FN2O3S. The molecule has 128 valence electrons. The van der Waals surface area contributed by atoms with Gasteiger partial charge in [-0.15, -0.1) is 0 Å². The van der Waals surface area contributed by atoms with E-state index in [1.807, 2.05) is 13.8 Å². The first-order valence-electron chi connectivity index (χ1n) is 7.51. The van der Waals surface area contributed by atoms with Crippen molar-refractivity contribution < 1.29 is 17.6 Å². The molecule has 0 heterocycles. The van der Waals surface area contributed by atoms with Crippen molar-refractivity contribution in [3.63, 3.8) is 0 Å². The lowest BCUT2D eigenvalue weighted by Crippen LogP contribution is -2.31. The van der Waals surface area contributed by atoms with Crippen molar-refractivity contribution in [2.45, 2.75) is 31.2 Å². The standard InChI is InChI=1S/C17H19FN2O3S/c1-3-12(2)19-17(21)13-4-10-16(11-5-13)24(22,23)20-15-8-6-14(18)7-9-15/h4-12,20H,3H2,1-2H3,(H,19,21)/t12-/m1/s1. The number of benzene rings is 2. The minimum atomic E-state index is -3.80. The molecule has 0 fully saturated rings. The zero-order valence-corrected chi connectivity index (χ0v) is 14.2. The van der Waals surface area contributed by atoms with Crippen molar-refractivity contribution >= 4 is 21.6 Å². The molecule has 0 aliphatic rings. The summed E-state index contributed by atoms with van der Waals surface area (Å²) in [6, 6.07) is 10.7. The highest BCUT2D eigenvalue weighted by Crippen LogP contribution is 2.17. The summed E-state index contributed by atoms with van der Waals surface area (Å²) in [5.74, 6) is -0.700. The van der Waals surface area contributed by atoms with Crippen LogP contribution in [0.15, 0.2) is 53.4 Å². The van der Waals surface area contributed by atoms with E-state index in [1.54, 1.807) is 0 Å². The van der Waals surface area contributed by atoms with E-state index in [4.69, 9.17) is 0 Å². The maximum absolute atomic E-state index is 12.9. The number of carbonyl (C=O) groups excluding carboxylic acids is 1. The lowest BCUT2D eigenvalue weighted by atomic mass is 10.2. The van der Waals surface area contributed by atoms with Gasteiger partial charge in [0.05, 0.1) is 4.90 Å². The van der Waals surface area contributed by atoms with E-state index in [1.165, 1.54) is 48.5 Å². The molecule has 0 unspecified atom stereocenters. The minimum absolute atomic E-state index is 0.0203. The molecule has 2 aromatic carbocycles. The van der Waals surface area contributed by atoms with Crippen LogP contribution in [0, 0.1) is 5.82 Å². The van der Waals surface area contributed by atoms with Crippen molar-refractivity contribution in [2.24, 2.45) is 0 Å². The van der Waals surface area contributed by atoms with E-state index in [9.17, 15) is 17.6 Å². The number of anilines is 1. The average molecular weight is 350 g/mol. The number of carbonyl (C=O) groups is 1. The van der Waals surface area contributed by atoms with Gasteiger partial charge in [-0.3, -0.25) is 9.52 Å². The topological polar surface area (TPSA) is 75.3 Å². The monoisotopic (exact) mass is 350 g/mol. The summed E-state index contributed by atoms with van der Waals surface area (Å²) in [4.78, 5) is 12.0. The van der Waals surface area contributed by atoms with Crippen LogP contribution >= 0.6 is 0 Å². The Bertz CT molecular complexity index is 803. The Morgan fingerprint density at radius 2 is 1.67 bits per heavy atom. The van der Waals surface area contributed by atoms with Gasteiger partial charge in [0.2, 0.25) is 0 Å². The van der Waals surface area contributed by atoms with Crippen LogP contribution in [0.5, 0.6) is 0 Å². The van der Waals surface area contributed by atoms with E-state index in [0.717, 1.165) is 6.42 Å². The van der Waals surface area contributed by atoms with Gasteiger partial charge < -0.3 is 5.32 Å². The molecule has 0 aliphatic heterocycles. The Labute approximate surface area is 141 Å². The Hall–Kier alpha value is -2.41. The van der Waals surface area contributed by atoms with E-state index in [0.29, 0.717) is 5.56 Å². The van der Waals surface area contributed by atoms with E-state index in [-0.39, 0.29) is 22.5 Å². The van der Waals surface area contributed by atoms with Gasteiger partial charge in [-0.2, -0.15) is 0 Å². The number of hydrogen-bond acceptors (Lipinski definition) is 3. The SMILES string of the molecule is CC[C@@H](C)NC(=O)c1ccc(S(=O)(=O)Nc2ccc(F)cc2)cc1. The smallest absolute Gasteiger partial charge is 0.261 e. The van der Waals surface area contributed by atoms with E-state index < -0.39 is 15.8 Å². The van der Waals surface area contributed by atoms with Gasteiger partial charge in [0.15, 0.2) is 0 Å². The van der Waals surface area contributed by atoms with Crippen molar-refractivity contribution in [1.82, 2.24) is 5.32 Å². The summed E-state index contributed by atoms with van der Waals surface area (Å²) in [7, 11) is -3.80. The van der Waals surface area contributed by atoms with E-state index in [2.05, 4.69) is 10.0 Å². The van der Waals surface area contributed by atoms with Crippen molar-refractivity contribution in [1.29, 1.82) is 0 Å². The van der Waals surface area contributed by atoms with Crippen molar-refractivity contribution in [3.05, 3.63) is 59.9 Å². The first-order valence-corrected chi connectivity index (χ1v) is 8.99. The normalized spacial score (nSPS) is 12.5. The third kappa shape index (κ3) is 4.55. The molecule has 2 rings (SSSR count). The fourth-order valence-corrected chi connectivity index (χ4v) is 2.99. The predicted octanol–water partition coefficient (Wildman–Crippen LogP) is 3.15. The highest BCUT2D eigenvalue weighted by atomic mass is 32.2. The van der Waals surface area contributed by atoms with Gasteiger partial charge in [-0.1, -0.05) is 6.92 Å². The summed E-state index contributed by atoms with van der Waals surface area (Å²) in [6.07, 6.45) is 0.805. The van der Waals surface area contributed by atoms with Crippen LogP contribution < -0.4 is 10.0 Å². The van der Waals surface area contributed by atoms with Gasteiger partial charge in [-0.25, -0.2) is 12.8 Å². The fraction of sp³-hybridized carbons (Fsp3) is 0.235. The fourth-order valence-electron chi connectivity index (χ4n) is 1.93. The van der Waals surface area contributed by atoms with Crippen LogP contribution in [-0.2, 0) is 10.0 Å². The second-order valence-electron chi connectivity index (χ2n) is 5.42. The maximum atomic E-state index is 12.9. The predicted molar refractivity (Wildman–Crippen MR) is 90.9 cm³/mol. The quantitative estimate of drug-likeness (QED) is 0.840. The zero-order valence-electron chi connectivity index (χ0n) is 13.4. The van der Waals surface area contributed by atoms with Gasteiger partial charge in [0.25, 0.3) is 15.9 Å². The molecule has 0 aromatic heterocycles. The molecule has 7 heteroatoms. The largest absolute Gasteiger partial charge is 0.350 e. The number of halogens is 1. The number of sulfonamides is 1. The molecule has 0 aliphatic carbocycles. The second kappa shape index (κ2) is 7.44. The molecule has 1 atom stereocenters. The molecule has 0 saturated carbocycles. The summed E-state index contributed by atoms with van der Waals surface area (Å²) in [5, 5.41) is 2.81. The molecule has 0 saturated heterocycles. The van der Waals surface area contributed by atoms with Gasteiger partial charge in [0, 0.05) is 17.3 Å². The second-order valence-corrected chi connectivity index (χ2v) is 7.10. The molecule has 0 spiro atoms. The van der Waals surface area contributed by atoms with Crippen LogP contribution in [0.25, 0.3) is 0 Å². The Balaban J connectivity index is 2.14. The molecule has 2 N–H and O–H groups in total. The van der Waals surface area contributed by atoms with Crippen molar-refractivity contribution in [3.8, 4) is 0 Å². The van der Waals surface area contributed by atoms with E-state index >= 15 is 0 Å². The third-order valence-electron chi connectivity index (χ3n) is 3.51. The van der Waals surface area contributed by atoms with Crippen LogP contribution in [0.1, 0.15) is 30.6 Å². The summed E-state index contributed by atoms with van der Waals surface area (Å²) < 4.78 is 39.8. The Kier molecular flexibility index (Phi) is 5.56. The zero-order chi connectivity index (χ0) is 17.7. The van der Waals surface area contributed by atoms with Crippen LogP contribution in [0.2, 0.25) is 0 Å². The molecule has 2 aromatic rings. The molecule has 24 heavy (non-hydrogen) atoms. The lowest BCUT2D eigenvalue weighted by molar-refractivity contribution is 0.0939. The van der Waals surface area contributed by atoms with Crippen molar-refractivity contribution in [2.75, 3.05) is 4.72 Å². The molecule has 5 nitrogen and oxygen atoms in total. The molecule has 0 bridgehead atoms. The van der Waals surface area contributed by atoms with Gasteiger partial charge in [0.1, 0.15) is 5.82 Å². The third-order valence-corrected chi connectivity index (χ3v) is 4.91. The Morgan fingerprint density at radius 1 is 1.08 bits per heavy atom. The summed E-state index contributed by atoms with van der Waals surface area (Å²) >= 11 is 0. The molecule has 1 amide bonds. The number of amides is 1. The highest BCUT2D eigenvalue weighted by Gasteiger charge is 2.15. The van der Waals surface area contributed by atoms with Crippen LogP contribution in [0.3, 0.4) is 0 Å². The van der Waals surface area contributed by atoms with Gasteiger partial charge >= 0.3 is 0 Å². The number of nitrogens with one attached hydrogen (secondary N) is 2. The molecular weight excluding hydrogens is 331 g/mol. The van der Waals surface area contributed by atoms with Crippen LogP contribution in [-0.4, -0.2) is 20.4 Å². The number of rotatable bonds is 6. The highest BCUT2D eigenvalue weighted by molar-refractivity contribution is 7.92. The maximum Gasteiger partial charge on any atom is 0.261 e. The van der Waals surface area contributed by atoms with Gasteiger partial charge in [-0.05, 0) is 61.9 Å². The lowest BCUT2D eigenvalue weighted by Gasteiger charge is -2.12. The molecule has 0 radical (unpaired) electrons. The average Bonchev–Trinajstić information content (AvgIpc) is 2.56. The number of hydrogen-bond donors (Lipinski definition) is 2. The minimum Gasteiger partial charge on any atom is -0.350 e. The summed E-state index contributed by atoms with van der Waals surface area (Å²) in [6.45, 7) is 3.85.